The van der Waals surface area contributed by atoms with Gasteiger partial charge < -0.3 is 4.90 Å². The summed E-state index contributed by atoms with van der Waals surface area (Å²) in [4.78, 5) is 16.5. The SMILES string of the molecule is O=C(C(Br)=Cn1cnc(-c2cc(C(F)(F)F)cc(C(F)(F)F)c2)n1)N1CC(F)(F)C1. The molecule has 1 aromatic heterocycles. The molecule has 0 bridgehead atoms. The molecule has 0 radical (unpaired) electrons. The number of hydrogen-bond donors (Lipinski definition) is 0. The van der Waals surface area contributed by atoms with Crippen LogP contribution in [0.5, 0.6) is 0 Å². The molecule has 0 aliphatic carbocycles. The van der Waals surface area contributed by atoms with E-state index in [1.165, 1.54) is 0 Å². The van der Waals surface area contributed by atoms with Crippen molar-refractivity contribution in [2.45, 2.75) is 18.3 Å². The molecule has 1 aliphatic heterocycles. The smallest absolute Gasteiger partial charge is 0.326 e. The van der Waals surface area contributed by atoms with E-state index in [4.69, 9.17) is 0 Å². The van der Waals surface area contributed by atoms with Crippen LogP contribution in [0, 0.1) is 0 Å². The van der Waals surface area contributed by atoms with Gasteiger partial charge in [0, 0.05) is 5.56 Å². The number of hydrogen-bond acceptors (Lipinski definition) is 3. The second kappa shape index (κ2) is 7.32. The van der Waals surface area contributed by atoms with Crippen molar-refractivity contribution in [3.8, 4) is 11.4 Å². The zero-order valence-corrected chi connectivity index (χ0v) is 16.0. The minimum absolute atomic E-state index is 0.0293. The maximum atomic E-state index is 13.0. The number of likely N-dealkylation sites (tertiary alicyclic amines) is 1. The van der Waals surface area contributed by atoms with Gasteiger partial charge in [0.25, 0.3) is 11.8 Å². The summed E-state index contributed by atoms with van der Waals surface area (Å²) in [6.07, 6.45) is -8.14. The molecule has 162 valence electrons. The average molecular weight is 505 g/mol. The molecule has 1 fully saturated rings. The molecule has 30 heavy (non-hydrogen) atoms. The molecular formula is C16H9BrF8N4O. The number of benzene rings is 1. The molecular weight excluding hydrogens is 496 g/mol. The van der Waals surface area contributed by atoms with Gasteiger partial charge >= 0.3 is 12.4 Å². The quantitative estimate of drug-likeness (QED) is 0.451. The Kier molecular flexibility index (Phi) is 5.41. The van der Waals surface area contributed by atoms with Crippen LogP contribution >= 0.6 is 15.9 Å². The molecule has 2 heterocycles. The van der Waals surface area contributed by atoms with Gasteiger partial charge in [0.05, 0.1) is 30.4 Å². The maximum absolute atomic E-state index is 13.0. The number of amides is 1. The first-order valence-corrected chi connectivity index (χ1v) is 8.70. The van der Waals surface area contributed by atoms with Crippen molar-refractivity contribution in [1.29, 1.82) is 0 Å². The molecule has 0 spiro atoms. The second-order valence-electron chi connectivity index (χ2n) is 6.34. The molecule has 1 aromatic carbocycles. The van der Waals surface area contributed by atoms with Crippen LogP contribution in [0.4, 0.5) is 35.1 Å². The van der Waals surface area contributed by atoms with Crippen LogP contribution in [-0.4, -0.2) is 44.6 Å². The van der Waals surface area contributed by atoms with Gasteiger partial charge in [0.1, 0.15) is 10.8 Å². The van der Waals surface area contributed by atoms with Gasteiger partial charge in [-0.15, -0.1) is 5.10 Å². The summed E-state index contributed by atoms with van der Waals surface area (Å²) in [6.45, 7) is -1.55. The average Bonchev–Trinajstić information content (AvgIpc) is 3.05. The van der Waals surface area contributed by atoms with Gasteiger partial charge in [-0.25, -0.2) is 18.4 Å². The van der Waals surface area contributed by atoms with Gasteiger partial charge in [-0.05, 0) is 34.1 Å². The Morgan fingerprint density at radius 3 is 2.03 bits per heavy atom. The number of carbonyl (C=O) groups is 1. The largest absolute Gasteiger partial charge is 0.416 e. The lowest BCUT2D eigenvalue weighted by molar-refractivity contribution is -0.161. The molecule has 14 heteroatoms. The first kappa shape index (κ1) is 22.2. The summed E-state index contributed by atoms with van der Waals surface area (Å²) < 4.78 is 104. The Hall–Kier alpha value is -2.51. The number of halogens is 9. The van der Waals surface area contributed by atoms with Crippen LogP contribution in [0.3, 0.4) is 0 Å². The van der Waals surface area contributed by atoms with Crippen molar-refractivity contribution in [1.82, 2.24) is 19.7 Å². The molecule has 1 aliphatic rings. The highest BCUT2D eigenvalue weighted by Gasteiger charge is 2.46. The maximum Gasteiger partial charge on any atom is 0.416 e. The van der Waals surface area contributed by atoms with Crippen molar-refractivity contribution < 1.29 is 39.9 Å². The normalized spacial score (nSPS) is 17.1. The molecule has 0 saturated carbocycles. The minimum atomic E-state index is -5.03. The van der Waals surface area contributed by atoms with Crippen molar-refractivity contribution in [3.05, 3.63) is 40.1 Å². The standard InChI is InChI=1S/C16H9BrF8N4O/c17-11(13(30)28-5-14(18,19)6-28)4-29-7-26-12(27-29)8-1-9(15(20,21)22)3-10(2-8)16(23,24)25/h1-4,7H,5-6H2. The van der Waals surface area contributed by atoms with E-state index in [-0.39, 0.29) is 10.5 Å². The molecule has 3 rings (SSSR count). The Bertz CT molecular complexity index is 971. The Morgan fingerprint density at radius 2 is 1.57 bits per heavy atom. The van der Waals surface area contributed by atoms with Gasteiger partial charge in [0.15, 0.2) is 5.82 Å². The third kappa shape index (κ3) is 4.79. The molecule has 2 aromatic rings. The number of nitrogens with zero attached hydrogens (tertiary/aromatic N) is 4. The summed E-state index contributed by atoms with van der Waals surface area (Å²) in [5, 5.41) is 3.73. The lowest BCUT2D eigenvalue weighted by Crippen LogP contribution is -2.58. The molecule has 0 N–H and O–H groups in total. The third-order valence-corrected chi connectivity index (χ3v) is 4.48. The molecule has 1 saturated heterocycles. The first-order chi connectivity index (χ1) is 13.7. The summed E-state index contributed by atoms with van der Waals surface area (Å²) in [5.74, 6) is -4.24. The van der Waals surface area contributed by atoms with Crippen LogP contribution in [-0.2, 0) is 17.1 Å². The highest BCUT2D eigenvalue weighted by atomic mass is 79.9. The van der Waals surface area contributed by atoms with Crippen LogP contribution in [0.2, 0.25) is 0 Å². The number of carbonyl (C=O) groups excluding carboxylic acids is 1. The highest BCUT2D eigenvalue weighted by molar-refractivity contribution is 9.12. The van der Waals surface area contributed by atoms with E-state index < -0.39 is 59.8 Å². The van der Waals surface area contributed by atoms with Crippen LogP contribution in [0.25, 0.3) is 17.6 Å². The summed E-state index contributed by atoms with van der Waals surface area (Å²) in [5.41, 5.74) is -3.61. The lowest BCUT2D eigenvalue weighted by atomic mass is 10.0. The number of aromatic nitrogens is 3. The van der Waals surface area contributed by atoms with Gasteiger partial charge in [-0.3, -0.25) is 4.79 Å². The molecule has 0 unspecified atom stereocenters. The lowest BCUT2D eigenvalue weighted by Gasteiger charge is -2.38. The van der Waals surface area contributed by atoms with Gasteiger partial charge in [-0.1, -0.05) is 0 Å². The summed E-state index contributed by atoms with van der Waals surface area (Å²) in [6, 6.07) is 0.889. The Balaban J connectivity index is 1.89. The van der Waals surface area contributed by atoms with Gasteiger partial charge in [-0.2, -0.15) is 26.3 Å². The summed E-state index contributed by atoms with van der Waals surface area (Å²) >= 11 is 2.87. The second-order valence-corrected chi connectivity index (χ2v) is 7.19. The Labute approximate surface area is 171 Å². The van der Waals surface area contributed by atoms with Crippen molar-refractivity contribution in [2.24, 2.45) is 0 Å². The van der Waals surface area contributed by atoms with Gasteiger partial charge in [0.2, 0.25) is 0 Å². The summed E-state index contributed by atoms with van der Waals surface area (Å²) in [7, 11) is 0. The third-order valence-electron chi connectivity index (χ3n) is 3.94. The zero-order valence-electron chi connectivity index (χ0n) is 14.4. The zero-order chi connectivity index (χ0) is 22.5. The van der Waals surface area contributed by atoms with Crippen molar-refractivity contribution in [3.63, 3.8) is 0 Å². The predicted octanol–water partition coefficient (Wildman–Crippen LogP) is 4.65. The van der Waals surface area contributed by atoms with E-state index in [1.54, 1.807) is 0 Å². The van der Waals surface area contributed by atoms with E-state index in [0.717, 1.165) is 22.1 Å². The molecule has 5 nitrogen and oxygen atoms in total. The van der Waals surface area contributed by atoms with Crippen LogP contribution < -0.4 is 0 Å². The van der Waals surface area contributed by atoms with E-state index in [0.29, 0.717) is 12.1 Å². The van der Waals surface area contributed by atoms with E-state index in [2.05, 4.69) is 26.0 Å². The van der Waals surface area contributed by atoms with Crippen molar-refractivity contribution in [2.75, 3.05) is 13.1 Å². The fourth-order valence-corrected chi connectivity index (χ4v) is 2.99. The molecule has 1 amide bonds. The predicted molar refractivity (Wildman–Crippen MR) is 90.2 cm³/mol. The van der Waals surface area contributed by atoms with E-state index >= 15 is 0 Å². The highest BCUT2D eigenvalue weighted by Crippen LogP contribution is 2.38. The fraction of sp³-hybridized carbons (Fsp3) is 0.312. The number of rotatable bonds is 3. The monoisotopic (exact) mass is 504 g/mol. The van der Waals surface area contributed by atoms with Crippen molar-refractivity contribution >= 4 is 28.0 Å². The number of alkyl halides is 8. The topological polar surface area (TPSA) is 51.0 Å². The van der Waals surface area contributed by atoms with Crippen LogP contribution in [0.15, 0.2) is 29.0 Å². The minimum Gasteiger partial charge on any atom is -0.326 e. The first-order valence-electron chi connectivity index (χ1n) is 7.91. The van der Waals surface area contributed by atoms with E-state index in [1.807, 2.05) is 0 Å². The molecule has 0 atom stereocenters. The fourth-order valence-electron chi connectivity index (χ4n) is 2.53. The van der Waals surface area contributed by atoms with Crippen LogP contribution in [0.1, 0.15) is 11.1 Å². The Morgan fingerprint density at radius 1 is 1.03 bits per heavy atom. The van der Waals surface area contributed by atoms with E-state index in [9.17, 15) is 39.9 Å².